The number of benzene rings is 1. The van der Waals surface area contributed by atoms with Crippen molar-refractivity contribution in [2.75, 3.05) is 11.9 Å². The van der Waals surface area contributed by atoms with E-state index < -0.39 is 11.7 Å². The maximum Gasteiger partial charge on any atom is 0.416 e. The summed E-state index contributed by atoms with van der Waals surface area (Å²) in [5, 5.41) is 3.54. The summed E-state index contributed by atoms with van der Waals surface area (Å²) >= 11 is 0. The van der Waals surface area contributed by atoms with E-state index in [-0.39, 0.29) is 18.1 Å². The molecule has 0 spiro atoms. The molecule has 3 aliphatic rings. The van der Waals surface area contributed by atoms with Crippen molar-refractivity contribution in [3.05, 3.63) is 53.1 Å². The molecule has 1 N–H and O–H groups in total. The lowest BCUT2D eigenvalue weighted by Crippen LogP contribution is -2.45. The van der Waals surface area contributed by atoms with Crippen molar-refractivity contribution in [3.8, 4) is 0 Å². The van der Waals surface area contributed by atoms with Crippen LogP contribution in [0.5, 0.6) is 0 Å². The van der Waals surface area contributed by atoms with Crippen molar-refractivity contribution in [2.24, 2.45) is 11.8 Å². The summed E-state index contributed by atoms with van der Waals surface area (Å²) in [4.78, 5) is 0. The third kappa shape index (κ3) is 3.10. The first-order valence-corrected chi connectivity index (χ1v) is 8.87. The van der Waals surface area contributed by atoms with Gasteiger partial charge in [-0.25, -0.2) is 0 Å². The van der Waals surface area contributed by atoms with Gasteiger partial charge >= 0.3 is 6.18 Å². The Kier molecular flexibility index (Phi) is 4.14. The summed E-state index contributed by atoms with van der Waals surface area (Å²) in [7, 11) is 0. The van der Waals surface area contributed by atoms with Gasteiger partial charge in [0.05, 0.1) is 11.7 Å². The molecule has 5 heteroatoms. The fourth-order valence-corrected chi connectivity index (χ4v) is 4.43. The highest BCUT2D eigenvalue weighted by molar-refractivity contribution is 5.58. The lowest BCUT2D eigenvalue weighted by atomic mass is 9.73. The molecule has 0 saturated carbocycles. The highest BCUT2D eigenvalue weighted by Crippen LogP contribution is 2.48. The summed E-state index contributed by atoms with van der Waals surface area (Å²) in [6, 6.07) is 4.18. The van der Waals surface area contributed by atoms with E-state index in [0.29, 0.717) is 18.1 Å². The van der Waals surface area contributed by atoms with E-state index in [1.165, 1.54) is 11.6 Å². The Balaban J connectivity index is 1.70. The second-order valence-corrected chi connectivity index (χ2v) is 7.33. The average molecular weight is 349 g/mol. The highest BCUT2D eigenvalue weighted by atomic mass is 19.4. The van der Waals surface area contributed by atoms with Gasteiger partial charge in [0.1, 0.15) is 0 Å². The largest absolute Gasteiger partial charge is 0.416 e. The van der Waals surface area contributed by atoms with E-state index in [4.69, 9.17) is 4.74 Å². The van der Waals surface area contributed by atoms with Gasteiger partial charge in [-0.3, -0.25) is 0 Å². The molecule has 1 fully saturated rings. The Morgan fingerprint density at radius 3 is 2.84 bits per heavy atom. The van der Waals surface area contributed by atoms with Gasteiger partial charge in [-0.05, 0) is 44.4 Å². The summed E-state index contributed by atoms with van der Waals surface area (Å²) in [6.07, 6.45) is 4.76. The molecule has 134 valence electrons. The van der Waals surface area contributed by atoms with Gasteiger partial charge in [-0.2, -0.15) is 13.2 Å². The molecule has 1 aromatic rings. The van der Waals surface area contributed by atoms with Gasteiger partial charge in [0.15, 0.2) is 0 Å². The quantitative estimate of drug-likeness (QED) is 0.724. The summed E-state index contributed by atoms with van der Waals surface area (Å²) in [5.74, 6) is 0.542. The van der Waals surface area contributed by atoms with Crippen molar-refractivity contribution < 1.29 is 17.9 Å². The molecule has 2 aliphatic heterocycles. The average Bonchev–Trinajstić information content (AvgIpc) is 2.60. The van der Waals surface area contributed by atoms with Crippen LogP contribution in [0.15, 0.2) is 42.0 Å². The van der Waals surface area contributed by atoms with E-state index in [1.807, 2.05) is 0 Å². The van der Waals surface area contributed by atoms with Crippen LogP contribution in [-0.2, 0) is 10.9 Å². The first kappa shape index (κ1) is 16.7. The van der Waals surface area contributed by atoms with Crippen molar-refractivity contribution in [1.82, 2.24) is 0 Å². The predicted octanol–water partition coefficient (Wildman–Crippen LogP) is 5.49. The van der Waals surface area contributed by atoms with Crippen LogP contribution in [0.3, 0.4) is 0 Å². The molecule has 2 heterocycles. The molecule has 1 saturated heterocycles. The molecule has 4 atom stereocenters. The number of ether oxygens (including phenoxy) is 1. The highest BCUT2D eigenvalue weighted by Gasteiger charge is 2.43. The Morgan fingerprint density at radius 2 is 2.08 bits per heavy atom. The third-order valence-electron chi connectivity index (χ3n) is 5.59. The lowest BCUT2D eigenvalue weighted by Gasteiger charge is -2.46. The van der Waals surface area contributed by atoms with Crippen molar-refractivity contribution in [3.63, 3.8) is 0 Å². The van der Waals surface area contributed by atoms with Crippen LogP contribution in [-0.4, -0.2) is 12.6 Å². The number of anilines is 1. The van der Waals surface area contributed by atoms with Crippen molar-refractivity contribution in [2.45, 2.75) is 44.5 Å². The number of alkyl halides is 3. The Morgan fingerprint density at radius 1 is 1.24 bits per heavy atom. The molecule has 4 rings (SSSR count). The molecule has 1 aromatic carbocycles. The van der Waals surface area contributed by atoms with Crippen LogP contribution in [0.4, 0.5) is 18.9 Å². The van der Waals surface area contributed by atoms with Gasteiger partial charge in [0.25, 0.3) is 0 Å². The fourth-order valence-electron chi connectivity index (χ4n) is 4.43. The lowest BCUT2D eigenvalue weighted by molar-refractivity contribution is -0.137. The van der Waals surface area contributed by atoms with E-state index in [9.17, 15) is 13.2 Å². The van der Waals surface area contributed by atoms with Gasteiger partial charge in [0.2, 0.25) is 0 Å². The summed E-state index contributed by atoms with van der Waals surface area (Å²) in [5.41, 5.74) is 2.17. The summed E-state index contributed by atoms with van der Waals surface area (Å²) < 4.78 is 45.3. The van der Waals surface area contributed by atoms with E-state index in [1.54, 1.807) is 6.07 Å². The van der Waals surface area contributed by atoms with Crippen LogP contribution in [0.2, 0.25) is 0 Å². The predicted molar refractivity (Wildman–Crippen MR) is 91.3 cm³/mol. The maximum absolute atomic E-state index is 13.1. The molecule has 0 aromatic heterocycles. The minimum Gasteiger partial charge on any atom is -0.381 e. The summed E-state index contributed by atoms with van der Waals surface area (Å²) in [6.45, 7) is 2.74. The standard InChI is InChI=1S/C20H22F3NO/c1-12-4-2-5-13(10-12)18-15-6-3-9-25-19(15)16-11-14(20(21,22)23)7-8-17(16)24-18/h2,4-5,7-8,11,13,15,18-19,24H,3,6,9-10H2,1H3/t13?,15-,18-,19-/m0/s1. The number of nitrogens with one attached hydrogen (secondary N) is 1. The van der Waals surface area contributed by atoms with Gasteiger partial charge in [-0.1, -0.05) is 23.8 Å². The molecular weight excluding hydrogens is 327 g/mol. The van der Waals surface area contributed by atoms with Gasteiger partial charge < -0.3 is 10.1 Å². The SMILES string of the molecule is CC1=CC=CC([C@@H]2Nc3ccc(C(F)(F)F)cc3[C@H]3OCCC[C@H]32)C1. The number of allylic oxidation sites excluding steroid dienone is 3. The number of halogens is 3. The van der Waals surface area contributed by atoms with Crippen LogP contribution >= 0.6 is 0 Å². The van der Waals surface area contributed by atoms with E-state index in [2.05, 4.69) is 30.5 Å². The molecule has 0 amide bonds. The minimum atomic E-state index is -4.33. The molecule has 2 nitrogen and oxygen atoms in total. The zero-order valence-electron chi connectivity index (χ0n) is 14.1. The Hall–Kier alpha value is -1.75. The monoisotopic (exact) mass is 349 g/mol. The number of fused-ring (bicyclic) bond motifs is 3. The van der Waals surface area contributed by atoms with Crippen molar-refractivity contribution in [1.29, 1.82) is 0 Å². The molecular formula is C20H22F3NO. The third-order valence-corrected chi connectivity index (χ3v) is 5.59. The molecule has 0 radical (unpaired) electrons. The second-order valence-electron chi connectivity index (χ2n) is 7.33. The molecule has 1 aliphatic carbocycles. The van der Waals surface area contributed by atoms with Crippen LogP contribution in [0, 0.1) is 11.8 Å². The van der Waals surface area contributed by atoms with E-state index in [0.717, 1.165) is 31.0 Å². The van der Waals surface area contributed by atoms with Gasteiger partial charge in [0, 0.05) is 35.7 Å². The normalized spacial score (nSPS) is 31.6. The zero-order chi connectivity index (χ0) is 17.6. The number of hydrogen-bond acceptors (Lipinski definition) is 2. The fraction of sp³-hybridized carbons (Fsp3) is 0.500. The second kappa shape index (κ2) is 6.20. The van der Waals surface area contributed by atoms with Crippen LogP contribution in [0.1, 0.15) is 43.4 Å². The smallest absolute Gasteiger partial charge is 0.381 e. The molecule has 0 bridgehead atoms. The first-order valence-electron chi connectivity index (χ1n) is 8.87. The first-order chi connectivity index (χ1) is 11.9. The van der Waals surface area contributed by atoms with Crippen LogP contribution < -0.4 is 5.32 Å². The topological polar surface area (TPSA) is 21.3 Å². The Bertz CT molecular complexity index is 722. The van der Waals surface area contributed by atoms with Crippen LogP contribution in [0.25, 0.3) is 0 Å². The van der Waals surface area contributed by atoms with Crippen molar-refractivity contribution >= 4 is 5.69 Å². The molecule has 25 heavy (non-hydrogen) atoms. The minimum absolute atomic E-state index is 0.189. The number of rotatable bonds is 1. The van der Waals surface area contributed by atoms with Gasteiger partial charge in [-0.15, -0.1) is 0 Å². The number of hydrogen-bond donors (Lipinski definition) is 1. The molecule has 1 unspecified atom stereocenters. The zero-order valence-corrected chi connectivity index (χ0v) is 14.1. The Labute approximate surface area is 145 Å². The maximum atomic E-state index is 13.1. The van der Waals surface area contributed by atoms with E-state index >= 15 is 0 Å².